The van der Waals surface area contributed by atoms with Crippen molar-refractivity contribution >= 4 is 13.1 Å². The predicted molar refractivity (Wildman–Crippen MR) is 71.3 cm³/mol. The van der Waals surface area contributed by atoms with Crippen LogP contribution >= 0.6 is 7.14 Å². The van der Waals surface area contributed by atoms with Gasteiger partial charge in [-0.3, -0.25) is 0 Å². The number of furan rings is 1. The van der Waals surface area contributed by atoms with Gasteiger partial charge in [-0.25, -0.2) is 4.79 Å². The van der Waals surface area contributed by atoms with E-state index in [9.17, 15) is 9.36 Å². The van der Waals surface area contributed by atoms with Gasteiger partial charge in [0, 0.05) is 5.57 Å². The highest BCUT2D eigenvalue weighted by Crippen LogP contribution is 2.61. The van der Waals surface area contributed by atoms with Gasteiger partial charge in [0.05, 0.1) is 13.4 Å². The number of hydrogen-bond donors (Lipinski definition) is 0. The molecule has 0 aromatic carbocycles. The Balaban J connectivity index is 3.24. The number of methoxy groups -OCH3 is 1. The second-order valence-corrected chi connectivity index (χ2v) is 7.71. The molecular formula is C13H19O4P. The maximum absolute atomic E-state index is 12.9. The molecule has 0 saturated carbocycles. The second-order valence-electron chi connectivity index (χ2n) is 4.02. The Morgan fingerprint density at radius 1 is 1.50 bits per heavy atom. The van der Waals surface area contributed by atoms with E-state index in [4.69, 9.17) is 4.42 Å². The van der Waals surface area contributed by atoms with Gasteiger partial charge in [0.15, 0.2) is 0 Å². The molecule has 0 unspecified atom stereocenters. The highest BCUT2D eigenvalue weighted by molar-refractivity contribution is 7.64. The average molecular weight is 270 g/mol. The summed E-state index contributed by atoms with van der Waals surface area (Å²) in [6.07, 6.45) is 2.48. The lowest BCUT2D eigenvalue weighted by molar-refractivity contribution is -0.136. The Labute approximate surface area is 107 Å². The fraction of sp³-hybridized carbons (Fsp3) is 0.462. The summed E-state index contributed by atoms with van der Waals surface area (Å²) in [7, 11) is -1.31. The molecule has 0 spiro atoms. The summed E-state index contributed by atoms with van der Waals surface area (Å²) in [5.41, 5.74) is -0.394. The number of hydrogen-bond acceptors (Lipinski definition) is 4. The molecule has 18 heavy (non-hydrogen) atoms. The summed E-state index contributed by atoms with van der Waals surface area (Å²) in [5.74, 6) is -0.0315. The van der Waals surface area contributed by atoms with E-state index in [1.807, 2.05) is 13.8 Å². The average Bonchev–Trinajstić information content (AvgIpc) is 2.91. The number of esters is 1. The minimum atomic E-state index is -2.60. The quantitative estimate of drug-likeness (QED) is 0.451. The van der Waals surface area contributed by atoms with Crippen LogP contribution in [-0.4, -0.2) is 25.4 Å². The zero-order valence-corrected chi connectivity index (χ0v) is 11.9. The van der Waals surface area contributed by atoms with E-state index in [-0.39, 0.29) is 5.57 Å². The third kappa shape index (κ3) is 2.75. The third-order valence-electron chi connectivity index (χ3n) is 3.13. The van der Waals surface area contributed by atoms with Gasteiger partial charge in [0.25, 0.3) is 0 Å². The molecule has 100 valence electrons. The van der Waals surface area contributed by atoms with E-state index in [1.54, 1.807) is 12.1 Å². The Bertz CT molecular complexity index is 453. The van der Waals surface area contributed by atoms with E-state index in [0.29, 0.717) is 18.1 Å². The lowest BCUT2D eigenvalue weighted by atomic mass is 10.2. The van der Waals surface area contributed by atoms with E-state index in [1.165, 1.54) is 13.4 Å². The normalized spacial score (nSPS) is 13.1. The molecule has 0 saturated heterocycles. The van der Waals surface area contributed by atoms with Crippen molar-refractivity contribution in [3.05, 3.63) is 36.3 Å². The first-order chi connectivity index (χ1) is 8.50. The van der Waals surface area contributed by atoms with E-state index < -0.39 is 18.8 Å². The zero-order valence-electron chi connectivity index (χ0n) is 11.0. The van der Waals surface area contributed by atoms with Crippen LogP contribution in [0.25, 0.3) is 0 Å². The van der Waals surface area contributed by atoms with E-state index in [0.717, 1.165) is 0 Å². The van der Waals surface area contributed by atoms with Crippen molar-refractivity contribution in [1.29, 1.82) is 0 Å². The minimum Gasteiger partial charge on any atom is -0.468 e. The topological polar surface area (TPSA) is 56.5 Å². The van der Waals surface area contributed by atoms with Crippen LogP contribution in [0.15, 0.2) is 35.0 Å². The molecule has 0 bridgehead atoms. The minimum absolute atomic E-state index is 0.194. The smallest absolute Gasteiger partial charge is 0.334 e. The van der Waals surface area contributed by atoms with Gasteiger partial charge in [0.1, 0.15) is 18.6 Å². The number of rotatable bonds is 6. The lowest BCUT2D eigenvalue weighted by Gasteiger charge is -2.25. The Morgan fingerprint density at radius 3 is 2.50 bits per heavy atom. The van der Waals surface area contributed by atoms with Crippen LogP contribution in [0.2, 0.25) is 0 Å². The molecule has 1 rings (SSSR count). The summed E-state index contributed by atoms with van der Waals surface area (Å²) in [6.45, 7) is 7.44. The largest absolute Gasteiger partial charge is 0.468 e. The highest BCUT2D eigenvalue weighted by atomic mass is 31.2. The van der Waals surface area contributed by atoms with Gasteiger partial charge < -0.3 is 13.7 Å². The molecular weight excluding hydrogens is 251 g/mol. The summed E-state index contributed by atoms with van der Waals surface area (Å²) in [5, 5.41) is 0. The van der Waals surface area contributed by atoms with Gasteiger partial charge >= 0.3 is 5.97 Å². The Hall–Kier alpha value is -1.28. The fourth-order valence-corrected chi connectivity index (χ4v) is 4.43. The van der Waals surface area contributed by atoms with Gasteiger partial charge in [-0.1, -0.05) is 20.4 Å². The Kier molecular flexibility index (Phi) is 4.97. The van der Waals surface area contributed by atoms with Crippen molar-refractivity contribution in [3.8, 4) is 0 Å². The van der Waals surface area contributed by atoms with Gasteiger partial charge in [-0.2, -0.15) is 0 Å². The summed E-state index contributed by atoms with van der Waals surface area (Å²) in [4.78, 5) is 11.6. The van der Waals surface area contributed by atoms with Crippen molar-refractivity contribution in [2.24, 2.45) is 0 Å². The van der Waals surface area contributed by atoms with Crippen LogP contribution in [0, 0.1) is 0 Å². The Morgan fingerprint density at radius 2 is 2.11 bits per heavy atom. The summed E-state index contributed by atoms with van der Waals surface area (Å²) >= 11 is 0. The monoisotopic (exact) mass is 270 g/mol. The van der Waals surface area contributed by atoms with E-state index >= 15 is 0 Å². The molecule has 0 fully saturated rings. The SMILES string of the molecule is C=C(C(=O)OC)[C@@H](c1ccco1)P(=O)(CC)CC. The number of ether oxygens (including phenoxy) is 1. The fourth-order valence-electron chi connectivity index (χ4n) is 1.97. The molecule has 1 aromatic rings. The first-order valence-corrected chi connectivity index (χ1v) is 8.03. The van der Waals surface area contributed by atoms with Crippen LogP contribution in [0.5, 0.6) is 0 Å². The number of carbonyl (C=O) groups is 1. The molecule has 0 aliphatic carbocycles. The molecule has 0 amide bonds. The zero-order chi connectivity index (χ0) is 13.8. The second kappa shape index (κ2) is 6.05. The molecule has 1 heterocycles. The van der Waals surface area contributed by atoms with Gasteiger partial charge in [0.2, 0.25) is 0 Å². The van der Waals surface area contributed by atoms with Crippen LogP contribution in [0.3, 0.4) is 0 Å². The van der Waals surface area contributed by atoms with Crippen molar-refractivity contribution in [3.63, 3.8) is 0 Å². The maximum atomic E-state index is 12.9. The van der Waals surface area contributed by atoms with Crippen LogP contribution < -0.4 is 0 Å². The molecule has 5 heteroatoms. The number of carbonyl (C=O) groups excluding carboxylic acids is 1. The summed E-state index contributed by atoms with van der Waals surface area (Å²) in [6, 6.07) is 3.43. The highest BCUT2D eigenvalue weighted by Gasteiger charge is 2.38. The van der Waals surface area contributed by atoms with Crippen molar-refractivity contribution in [1.82, 2.24) is 0 Å². The molecule has 0 aliphatic rings. The molecule has 4 nitrogen and oxygen atoms in total. The predicted octanol–water partition coefficient (Wildman–Crippen LogP) is 3.45. The molecule has 0 N–H and O–H groups in total. The molecule has 0 radical (unpaired) electrons. The van der Waals surface area contributed by atoms with Gasteiger partial charge in [-0.15, -0.1) is 0 Å². The molecule has 0 aliphatic heterocycles. The summed E-state index contributed by atoms with van der Waals surface area (Å²) < 4.78 is 22.9. The van der Waals surface area contributed by atoms with Gasteiger partial charge in [-0.05, 0) is 24.5 Å². The standard InChI is InChI=1S/C13H19O4P/c1-5-18(15,6-2)12(10(3)13(14)16-4)11-8-7-9-17-11/h7-9,12H,3,5-6H2,1-2,4H3/t12-/m0/s1. The third-order valence-corrected chi connectivity index (χ3v) is 6.78. The molecule has 1 atom stereocenters. The maximum Gasteiger partial charge on any atom is 0.334 e. The van der Waals surface area contributed by atoms with Crippen LogP contribution in [0.1, 0.15) is 25.3 Å². The first kappa shape index (κ1) is 14.8. The van der Waals surface area contributed by atoms with Crippen LogP contribution in [0.4, 0.5) is 0 Å². The first-order valence-electron chi connectivity index (χ1n) is 5.88. The lowest BCUT2D eigenvalue weighted by Crippen LogP contribution is -2.14. The van der Waals surface area contributed by atoms with E-state index in [2.05, 4.69) is 11.3 Å². The van der Waals surface area contributed by atoms with Crippen LogP contribution in [-0.2, 0) is 14.1 Å². The van der Waals surface area contributed by atoms with Crippen molar-refractivity contribution < 1.29 is 18.5 Å². The van der Waals surface area contributed by atoms with Crippen molar-refractivity contribution in [2.75, 3.05) is 19.4 Å². The van der Waals surface area contributed by atoms with Crippen molar-refractivity contribution in [2.45, 2.75) is 19.5 Å². The molecule has 1 aromatic heterocycles.